The second-order valence-corrected chi connectivity index (χ2v) is 10.8. The zero-order valence-electron chi connectivity index (χ0n) is 22.2. The molecule has 1 amide bonds. The van der Waals surface area contributed by atoms with E-state index in [4.69, 9.17) is 21.7 Å². The average molecular weight is 572 g/mol. The van der Waals surface area contributed by atoms with E-state index in [1.54, 1.807) is 55.1 Å². The number of hydrogen-bond acceptors (Lipinski definition) is 7. The van der Waals surface area contributed by atoms with E-state index >= 15 is 0 Å². The average Bonchev–Trinajstić information content (AvgIpc) is 3.34. The van der Waals surface area contributed by atoms with E-state index in [2.05, 4.69) is 0 Å². The Morgan fingerprint density at radius 1 is 0.950 bits per heavy atom. The third kappa shape index (κ3) is 4.99. The van der Waals surface area contributed by atoms with Crippen LogP contribution in [0.15, 0.2) is 82.5 Å². The van der Waals surface area contributed by atoms with E-state index in [0.717, 1.165) is 17.3 Å². The van der Waals surface area contributed by atoms with Gasteiger partial charge in [0, 0.05) is 7.05 Å². The van der Waals surface area contributed by atoms with Crippen molar-refractivity contribution in [1.29, 1.82) is 0 Å². The number of benzene rings is 3. The second-order valence-electron chi connectivity index (χ2n) is 9.09. The first kappa shape index (κ1) is 27.2. The number of thiocarbonyl (C=S) groups is 1. The van der Waals surface area contributed by atoms with Crippen molar-refractivity contribution in [3.8, 4) is 17.2 Å². The Kier molecular flexibility index (Phi) is 7.46. The molecule has 0 saturated carbocycles. The lowest BCUT2D eigenvalue weighted by Gasteiger charge is -2.12. The minimum Gasteiger partial charge on any atom is -0.493 e. The Hall–Kier alpha value is -4.41. The van der Waals surface area contributed by atoms with E-state index in [1.807, 2.05) is 49.4 Å². The zero-order valence-corrected chi connectivity index (χ0v) is 23.8. The molecule has 0 atom stereocenters. The fraction of sp³-hybridized carbons (Fsp3) is 0.133. The number of amides is 1. The van der Waals surface area contributed by atoms with Crippen LogP contribution in [0.3, 0.4) is 0 Å². The van der Waals surface area contributed by atoms with Crippen molar-refractivity contribution >= 4 is 51.9 Å². The molecule has 4 aromatic rings. The van der Waals surface area contributed by atoms with Crippen LogP contribution < -0.4 is 19.9 Å². The number of esters is 1. The van der Waals surface area contributed by atoms with Gasteiger partial charge in [-0.2, -0.15) is 0 Å². The third-order valence-corrected chi connectivity index (χ3v) is 7.82. The summed E-state index contributed by atoms with van der Waals surface area (Å²) < 4.78 is 14.5. The Morgan fingerprint density at radius 3 is 2.33 bits per heavy atom. The molecule has 0 bridgehead atoms. The van der Waals surface area contributed by atoms with Gasteiger partial charge in [0.1, 0.15) is 5.69 Å². The van der Waals surface area contributed by atoms with Crippen LogP contribution >= 0.6 is 24.0 Å². The van der Waals surface area contributed by atoms with Gasteiger partial charge in [-0.25, -0.2) is 9.48 Å². The van der Waals surface area contributed by atoms with Gasteiger partial charge in [-0.05, 0) is 61.9 Å². The summed E-state index contributed by atoms with van der Waals surface area (Å²) in [6.45, 7) is 3.71. The van der Waals surface area contributed by atoms with Gasteiger partial charge in [0.25, 0.3) is 11.5 Å². The number of carbonyl (C=O) groups excluding carboxylic acids is 2. The van der Waals surface area contributed by atoms with Crippen LogP contribution in [-0.4, -0.2) is 32.7 Å². The van der Waals surface area contributed by atoms with Crippen molar-refractivity contribution in [2.75, 3.05) is 12.0 Å². The largest absolute Gasteiger partial charge is 0.493 e. The molecule has 3 aromatic carbocycles. The smallest absolute Gasteiger partial charge is 0.343 e. The fourth-order valence-electron chi connectivity index (χ4n) is 4.33. The molecule has 10 heteroatoms. The molecule has 0 N–H and O–H groups in total. The monoisotopic (exact) mass is 571 g/mol. The highest BCUT2D eigenvalue weighted by molar-refractivity contribution is 8.27. The Bertz CT molecular complexity index is 1740. The molecular formula is C30H25N3O5S2. The molecular weight excluding hydrogens is 546 g/mol. The first-order valence-electron chi connectivity index (χ1n) is 12.3. The molecule has 202 valence electrons. The minimum absolute atomic E-state index is 0.216. The number of ether oxygens (including phenoxy) is 2. The SMILES string of the molecule is COc1cc(/C=C2/SC(=S)N(c3c(C)n(C)n(-c4ccccc4)c3=O)C2=O)ccc1OC(=O)c1ccc(C)cc1. The lowest BCUT2D eigenvalue weighted by molar-refractivity contribution is -0.113. The summed E-state index contributed by atoms with van der Waals surface area (Å²) in [6.07, 6.45) is 1.67. The molecule has 1 fully saturated rings. The van der Waals surface area contributed by atoms with Crippen molar-refractivity contribution in [3.63, 3.8) is 0 Å². The summed E-state index contributed by atoms with van der Waals surface area (Å²) in [5.74, 6) is -0.324. The second kappa shape index (κ2) is 11.0. The number of carbonyl (C=O) groups is 2. The van der Waals surface area contributed by atoms with Crippen LogP contribution in [-0.2, 0) is 11.8 Å². The summed E-state index contributed by atoms with van der Waals surface area (Å²) in [5, 5.41) is 0. The van der Waals surface area contributed by atoms with Crippen molar-refractivity contribution in [1.82, 2.24) is 9.36 Å². The molecule has 8 nitrogen and oxygen atoms in total. The highest BCUT2D eigenvalue weighted by Crippen LogP contribution is 2.37. The maximum Gasteiger partial charge on any atom is 0.343 e. The van der Waals surface area contributed by atoms with Gasteiger partial charge in [-0.15, -0.1) is 0 Å². The van der Waals surface area contributed by atoms with Crippen molar-refractivity contribution < 1.29 is 19.1 Å². The van der Waals surface area contributed by atoms with Gasteiger partial charge < -0.3 is 9.47 Å². The molecule has 2 heterocycles. The van der Waals surface area contributed by atoms with Crippen LogP contribution in [0.25, 0.3) is 11.8 Å². The normalized spacial score (nSPS) is 14.2. The standard InChI is InChI=1S/C30H25N3O5S2/c1-18-10-13-21(14-11-18)29(36)38-23-15-12-20(16-24(23)37-4)17-25-27(34)32(30(39)40-25)26-19(2)31(3)33(28(26)35)22-8-6-5-7-9-22/h5-17H,1-4H3/b25-17+. The maximum absolute atomic E-state index is 13.5. The summed E-state index contributed by atoms with van der Waals surface area (Å²) in [4.78, 5) is 41.2. The Balaban J connectivity index is 1.43. The number of hydrogen-bond donors (Lipinski definition) is 0. The van der Waals surface area contributed by atoms with Crippen molar-refractivity contribution in [3.05, 3.63) is 110 Å². The first-order chi connectivity index (χ1) is 19.2. The van der Waals surface area contributed by atoms with Crippen LogP contribution in [0.1, 0.15) is 27.2 Å². The number of nitrogens with zero attached hydrogens (tertiary/aromatic N) is 3. The quantitative estimate of drug-likeness (QED) is 0.132. The molecule has 0 radical (unpaired) electrons. The fourth-order valence-corrected chi connectivity index (χ4v) is 5.60. The number of aryl methyl sites for hydroxylation is 1. The molecule has 1 aliphatic heterocycles. The van der Waals surface area contributed by atoms with Gasteiger partial charge in [0.2, 0.25) is 0 Å². The van der Waals surface area contributed by atoms with E-state index < -0.39 is 11.9 Å². The molecule has 5 rings (SSSR count). The number of aromatic nitrogens is 2. The van der Waals surface area contributed by atoms with Gasteiger partial charge in [-0.1, -0.05) is 65.9 Å². The van der Waals surface area contributed by atoms with E-state index in [1.165, 1.54) is 16.7 Å². The van der Waals surface area contributed by atoms with E-state index in [-0.39, 0.29) is 21.3 Å². The highest BCUT2D eigenvalue weighted by atomic mass is 32.2. The molecule has 0 spiro atoms. The van der Waals surface area contributed by atoms with Crippen LogP contribution in [0, 0.1) is 13.8 Å². The van der Waals surface area contributed by atoms with E-state index in [9.17, 15) is 14.4 Å². The molecule has 1 aromatic heterocycles. The Labute approximate surface area is 240 Å². The van der Waals surface area contributed by atoms with Crippen molar-refractivity contribution in [2.24, 2.45) is 7.05 Å². The summed E-state index contributed by atoms with van der Waals surface area (Å²) in [6, 6.07) is 21.3. The Morgan fingerprint density at radius 2 is 1.65 bits per heavy atom. The van der Waals surface area contributed by atoms with Crippen molar-refractivity contribution in [2.45, 2.75) is 13.8 Å². The predicted molar refractivity (Wildman–Crippen MR) is 161 cm³/mol. The first-order valence-corrected chi connectivity index (χ1v) is 13.5. The maximum atomic E-state index is 13.5. The predicted octanol–water partition coefficient (Wildman–Crippen LogP) is 5.43. The minimum atomic E-state index is -0.508. The molecule has 0 unspecified atom stereocenters. The van der Waals surface area contributed by atoms with Crippen LogP contribution in [0.5, 0.6) is 11.5 Å². The number of methoxy groups -OCH3 is 1. The number of thioether (sulfide) groups is 1. The molecule has 1 aliphatic rings. The number of rotatable bonds is 6. The summed E-state index contributed by atoms with van der Waals surface area (Å²) in [7, 11) is 3.23. The lowest BCUT2D eigenvalue weighted by Crippen LogP contribution is -2.33. The molecule has 40 heavy (non-hydrogen) atoms. The summed E-state index contributed by atoms with van der Waals surface area (Å²) in [5.41, 5.74) is 3.25. The van der Waals surface area contributed by atoms with Gasteiger partial charge in [0.15, 0.2) is 15.8 Å². The van der Waals surface area contributed by atoms with E-state index in [0.29, 0.717) is 33.2 Å². The highest BCUT2D eigenvalue weighted by Gasteiger charge is 2.37. The van der Waals surface area contributed by atoms with Gasteiger partial charge >= 0.3 is 5.97 Å². The van der Waals surface area contributed by atoms with Gasteiger partial charge in [-0.3, -0.25) is 19.2 Å². The number of anilines is 1. The molecule has 1 saturated heterocycles. The zero-order chi connectivity index (χ0) is 28.6. The number of para-hydroxylation sites is 1. The third-order valence-electron chi connectivity index (χ3n) is 6.52. The summed E-state index contributed by atoms with van der Waals surface area (Å²) >= 11 is 6.65. The van der Waals surface area contributed by atoms with Crippen LogP contribution in [0.2, 0.25) is 0 Å². The topological polar surface area (TPSA) is 82.8 Å². The van der Waals surface area contributed by atoms with Crippen LogP contribution in [0.4, 0.5) is 5.69 Å². The van der Waals surface area contributed by atoms with Gasteiger partial charge in [0.05, 0.1) is 29.0 Å². The lowest BCUT2D eigenvalue weighted by atomic mass is 10.1. The molecule has 0 aliphatic carbocycles.